The van der Waals surface area contributed by atoms with E-state index in [2.05, 4.69) is 5.32 Å². The van der Waals surface area contributed by atoms with Crippen LogP contribution in [-0.2, 0) is 4.79 Å². The lowest BCUT2D eigenvalue weighted by molar-refractivity contribution is -0.140. The topological polar surface area (TPSA) is 75.6 Å². The van der Waals surface area contributed by atoms with Gasteiger partial charge in [-0.05, 0) is 36.6 Å². The number of benzene rings is 1. The van der Waals surface area contributed by atoms with Crippen LogP contribution >= 0.6 is 0 Å². The van der Waals surface area contributed by atoms with Gasteiger partial charge < -0.3 is 15.2 Å². The zero-order chi connectivity index (χ0) is 14.6. The van der Waals surface area contributed by atoms with E-state index in [1.807, 2.05) is 0 Å². The minimum atomic E-state index is -1.03. The number of hydrogen-bond acceptors (Lipinski definition) is 3. The number of ether oxygens (including phenoxy) is 1. The Morgan fingerprint density at radius 3 is 2.37 bits per heavy atom. The summed E-state index contributed by atoms with van der Waals surface area (Å²) in [6.45, 7) is 5.28. The van der Waals surface area contributed by atoms with Gasteiger partial charge in [0.15, 0.2) is 0 Å². The summed E-state index contributed by atoms with van der Waals surface area (Å²) in [7, 11) is 1.55. The summed E-state index contributed by atoms with van der Waals surface area (Å²) in [6.07, 6.45) is 0. The molecule has 2 N–H and O–H groups in total. The number of carbonyl (C=O) groups excluding carboxylic acids is 1. The van der Waals surface area contributed by atoms with E-state index in [0.717, 1.165) is 5.56 Å². The molecule has 1 aromatic carbocycles. The van der Waals surface area contributed by atoms with Crippen molar-refractivity contribution in [2.24, 2.45) is 5.92 Å². The first-order valence-electron chi connectivity index (χ1n) is 6.05. The van der Waals surface area contributed by atoms with Crippen molar-refractivity contribution in [2.75, 3.05) is 7.11 Å². The lowest BCUT2D eigenvalue weighted by Crippen LogP contribution is -2.44. The van der Waals surface area contributed by atoms with Crippen LogP contribution in [0.3, 0.4) is 0 Å². The zero-order valence-electron chi connectivity index (χ0n) is 11.6. The quantitative estimate of drug-likeness (QED) is 0.851. The molecule has 5 nitrogen and oxygen atoms in total. The Labute approximate surface area is 112 Å². The molecule has 0 aliphatic rings. The van der Waals surface area contributed by atoms with E-state index in [1.165, 1.54) is 0 Å². The molecule has 0 aliphatic carbocycles. The maximum absolute atomic E-state index is 12.1. The van der Waals surface area contributed by atoms with Gasteiger partial charge in [-0.3, -0.25) is 4.79 Å². The van der Waals surface area contributed by atoms with Gasteiger partial charge in [-0.1, -0.05) is 13.8 Å². The Morgan fingerprint density at radius 2 is 1.95 bits per heavy atom. The molecule has 0 saturated carbocycles. The molecule has 1 amide bonds. The predicted molar refractivity (Wildman–Crippen MR) is 71.5 cm³/mol. The summed E-state index contributed by atoms with van der Waals surface area (Å²) in [5, 5.41) is 11.6. The zero-order valence-corrected chi connectivity index (χ0v) is 11.6. The monoisotopic (exact) mass is 265 g/mol. The molecule has 0 saturated heterocycles. The summed E-state index contributed by atoms with van der Waals surface area (Å²) in [6, 6.07) is 4.14. The fourth-order valence-electron chi connectivity index (χ4n) is 1.75. The second-order valence-corrected chi connectivity index (χ2v) is 4.71. The van der Waals surface area contributed by atoms with E-state index >= 15 is 0 Å². The van der Waals surface area contributed by atoms with Crippen LogP contribution in [0.2, 0.25) is 0 Å². The maximum atomic E-state index is 12.1. The van der Waals surface area contributed by atoms with Crippen LogP contribution in [0.1, 0.15) is 29.8 Å². The van der Waals surface area contributed by atoms with Crippen LogP contribution in [0.15, 0.2) is 18.2 Å². The van der Waals surface area contributed by atoms with Gasteiger partial charge in [0.05, 0.1) is 7.11 Å². The molecule has 19 heavy (non-hydrogen) atoms. The number of carboxylic acid groups (broad SMARTS) is 1. The normalized spacial score (nSPS) is 12.1. The summed E-state index contributed by atoms with van der Waals surface area (Å²) >= 11 is 0. The van der Waals surface area contributed by atoms with Crippen molar-refractivity contribution in [2.45, 2.75) is 26.8 Å². The second-order valence-electron chi connectivity index (χ2n) is 4.71. The van der Waals surface area contributed by atoms with E-state index in [0.29, 0.717) is 11.3 Å². The van der Waals surface area contributed by atoms with Gasteiger partial charge >= 0.3 is 5.97 Å². The Morgan fingerprint density at radius 1 is 1.32 bits per heavy atom. The fourth-order valence-corrected chi connectivity index (χ4v) is 1.75. The summed E-state index contributed by atoms with van der Waals surface area (Å²) in [4.78, 5) is 23.1. The third kappa shape index (κ3) is 3.71. The Balaban J connectivity index is 2.91. The van der Waals surface area contributed by atoms with E-state index in [4.69, 9.17) is 9.84 Å². The molecule has 0 aliphatic heterocycles. The van der Waals surface area contributed by atoms with Crippen molar-refractivity contribution >= 4 is 11.9 Å². The fraction of sp³-hybridized carbons (Fsp3) is 0.429. The first-order chi connectivity index (χ1) is 8.86. The molecule has 5 heteroatoms. The van der Waals surface area contributed by atoms with Crippen LogP contribution in [0.25, 0.3) is 0 Å². The lowest BCUT2D eigenvalue weighted by Gasteiger charge is -2.18. The number of carboxylic acids is 1. The number of rotatable bonds is 5. The van der Waals surface area contributed by atoms with Gasteiger partial charge in [0, 0.05) is 5.56 Å². The first-order valence-corrected chi connectivity index (χ1v) is 6.05. The van der Waals surface area contributed by atoms with E-state index in [-0.39, 0.29) is 11.8 Å². The average molecular weight is 265 g/mol. The molecule has 1 aromatic rings. The molecule has 0 spiro atoms. The molecule has 0 radical (unpaired) electrons. The molecule has 0 aromatic heterocycles. The van der Waals surface area contributed by atoms with Crippen LogP contribution in [0, 0.1) is 12.8 Å². The van der Waals surface area contributed by atoms with Gasteiger partial charge in [-0.25, -0.2) is 4.79 Å². The highest BCUT2D eigenvalue weighted by molar-refractivity contribution is 5.98. The van der Waals surface area contributed by atoms with Crippen molar-refractivity contribution < 1.29 is 19.4 Å². The largest absolute Gasteiger partial charge is 0.497 e. The maximum Gasteiger partial charge on any atom is 0.326 e. The van der Waals surface area contributed by atoms with Crippen molar-refractivity contribution in [3.05, 3.63) is 29.3 Å². The second kappa shape index (κ2) is 6.22. The molecular weight excluding hydrogens is 246 g/mol. The Hall–Kier alpha value is -2.04. The summed E-state index contributed by atoms with van der Waals surface area (Å²) in [5.41, 5.74) is 1.19. The first kappa shape index (κ1) is 15.0. The number of aryl methyl sites for hydroxylation is 1. The predicted octanol–water partition coefficient (Wildman–Crippen LogP) is 1.84. The SMILES string of the molecule is COc1ccc(C(=O)N[C@H](C(=O)O)C(C)C)c(C)c1. The van der Waals surface area contributed by atoms with Gasteiger partial charge in [0.25, 0.3) is 5.91 Å². The van der Waals surface area contributed by atoms with Gasteiger partial charge in [0.2, 0.25) is 0 Å². The molecule has 1 rings (SSSR count). The van der Waals surface area contributed by atoms with E-state index in [1.54, 1.807) is 46.1 Å². The van der Waals surface area contributed by atoms with Crippen molar-refractivity contribution in [1.29, 1.82) is 0 Å². The third-order valence-corrected chi connectivity index (χ3v) is 2.90. The Bertz CT molecular complexity index is 482. The standard InChI is InChI=1S/C14H19NO4/c1-8(2)12(14(17)18)15-13(16)11-6-5-10(19-4)7-9(11)3/h5-8,12H,1-4H3,(H,15,16)(H,17,18)/t12-/m0/s1. The summed E-state index contributed by atoms with van der Waals surface area (Å²) in [5.74, 6) is -0.941. The highest BCUT2D eigenvalue weighted by Crippen LogP contribution is 2.17. The van der Waals surface area contributed by atoms with Crippen LogP contribution in [-0.4, -0.2) is 30.1 Å². The van der Waals surface area contributed by atoms with Crippen LogP contribution in [0.4, 0.5) is 0 Å². The number of aliphatic carboxylic acids is 1. The minimum Gasteiger partial charge on any atom is -0.497 e. The average Bonchev–Trinajstić information content (AvgIpc) is 2.34. The molecule has 0 heterocycles. The molecule has 1 atom stereocenters. The molecule has 0 unspecified atom stereocenters. The van der Waals surface area contributed by atoms with Gasteiger partial charge in [0.1, 0.15) is 11.8 Å². The van der Waals surface area contributed by atoms with Crippen molar-refractivity contribution in [1.82, 2.24) is 5.32 Å². The number of hydrogen-bond donors (Lipinski definition) is 2. The number of methoxy groups -OCH3 is 1. The highest BCUT2D eigenvalue weighted by Gasteiger charge is 2.24. The summed E-state index contributed by atoms with van der Waals surface area (Å²) < 4.78 is 5.06. The number of nitrogens with one attached hydrogen (secondary N) is 1. The van der Waals surface area contributed by atoms with Crippen molar-refractivity contribution in [3.8, 4) is 5.75 Å². The molecule has 0 fully saturated rings. The highest BCUT2D eigenvalue weighted by atomic mass is 16.5. The molecule has 0 bridgehead atoms. The van der Waals surface area contributed by atoms with Crippen LogP contribution < -0.4 is 10.1 Å². The van der Waals surface area contributed by atoms with Gasteiger partial charge in [-0.2, -0.15) is 0 Å². The van der Waals surface area contributed by atoms with E-state index < -0.39 is 12.0 Å². The number of carbonyl (C=O) groups is 2. The van der Waals surface area contributed by atoms with Crippen LogP contribution in [0.5, 0.6) is 5.75 Å². The molecular formula is C14H19NO4. The molecule has 104 valence electrons. The minimum absolute atomic E-state index is 0.181. The van der Waals surface area contributed by atoms with E-state index in [9.17, 15) is 9.59 Å². The third-order valence-electron chi connectivity index (χ3n) is 2.90. The lowest BCUT2D eigenvalue weighted by atomic mass is 10.0. The number of amides is 1. The van der Waals surface area contributed by atoms with Gasteiger partial charge in [-0.15, -0.1) is 0 Å². The van der Waals surface area contributed by atoms with Crippen molar-refractivity contribution in [3.63, 3.8) is 0 Å². The smallest absolute Gasteiger partial charge is 0.326 e. The Kier molecular flexibility index (Phi) is 4.92.